The van der Waals surface area contributed by atoms with Gasteiger partial charge in [0.15, 0.2) is 5.78 Å². The third-order valence-electron chi connectivity index (χ3n) is 2.23. The van der Waals surface area contributed by atoms with Crippen LogP contribution < -0.4 is 0 Å². The maximum Gasteiger partial charge on any atom is 0.164 e. The fourth-order valence-electron chi connectivity index (χ4n) is 1.61. The van der Waals surface area contributed by atoms with E-state index in [2.05, 4.69) is 4.98 Å². The number of carbonyl (C=O) groups excluding carboxylic acids is 1. The number of Topliss-reactive ketones (excluding diaryl/α,β-unsaturated/α-hetero) is 1. The maximum atomic E-state index is 11.4. The molecule has 0 saturated carbocycles. The second kappa shape index (κ2) is 4.89. The number of fused-ring (bicyclic) bond motifs is 1. The molecule has 0 bridgehead atoms. The molecule has 14 heavy (non-hydrogen) atoms. The SMILES string of the molecule is CC.Cc1ccc2c(n1)CCCC2=O. The molecule has 0 aromatic carbocycles. The Balaban J connectivity index is 0.000000461. The number of carbonyl (C=O) groups is 1. The summed E-state index contributed by atoms with van der Waals surface area (Å²) in [5.41, 5.74) is 2.83. The monoisotopic (exact) mass is 191 g/mol. The molecule has 76 valence electrons. The summed E-state index contributed by atoms with van der Waals surface area (Å²) >= 11 is 0. The Morgan fingerprint density at radius 1 is 1.21 bits per heavy atom. The number of pyridine rings is 1. The summed E-state index contributed by atoms with van der Waals surface area (Å²) in [5.74, 6) is 0.253. The number of hydrogen-bond acceptors (Lipinski definition) is 2. The van der Waals surface area contributed by atoms with Gasteiger partial charge in [-0.1, -0.05) is 13.8 Å². The van der Waals surface area contributed by atoms with Crippen LogP contribution in [0, 0.1) is 6.92 Å². The number of aromatic nitrogens is 1. The Hall–Kier alpha value is -1.18. The second-order valence-electron chi connectivity index (χ2n) is 3.22. The number of aryl methyl sites for hydroxylation is 2. The van der Waals surface area contributed by atoms with Gasteiger partial charge in [0.25, 0.3) is 0 Å². The fraction of sp³-hybridized carbons (Fsp3) is 0.500. The van der Waals surface area contributed by atoms with Crippen molar-refractivity contribution in [3.63, 3.8) is 0 Å². The van der Waals surface area contributed by atoms with Crippen molar-refractivity contribution in [3.8, 4) is 0 Å². The van der Waals surface area contributed by atoms with E-state index in [0.717, 1.165) is 29.8 Å². The Morgan fingerprint density at radius 2 is 1.93 bits per heavy atom. The minimum Gasteiger partial charge on any atom is -0.294 e. The van der Waals surface area contributed by atoms with Crippen LogP contribution in [0.4, 0.5) is 0 Å². The van der Waals surface area contributed by atoms with E-state index in [9.17, 15) is 4.79 Å². The lowest BCUT2D eigenvalue weighted by atomic mass is 9.95. The van der Waals surface area contributed by atoms with Gasteiger partial charge in [0.2, 0.25) is 0 Å². The summed E-state index contributed by atoms with van der Waals surface area (Å²) in [5, 5.41) is 0. The highest BCUT2D eigenvalue weighted by Gasteiger charge is 2.17. The largest absolute Gasteiger partial charge is 0.294 e. The molecule has 1 aliphatic rings. The van der Waals surface area contributed by atoms with E-state index in [1.165, 1.54) is 0 Å². The Bertz CT molecular complexity index is 331. The molecule has 2 rings (SSSR count). The summed E-state index contributed by atoms with van der Waals surface area (Å²) in [4.78, 5) is 15.7. The van der Waals surface area contributed by atoms with Crippen molar-refractivity contribution in [2.24, 2.45) is 0 Å². The molecule has 0 aliphatic heterocycles. The van der Waals surface area contributed by atoms with Crippen LogP contribution in [0.3, 0.4) is 0 Å². The van der Waals surface area contributed by atoms with Crippen LogP contribution in [0.15, 0.2) is 12.1 Å². The molecule has 0 unspecified atom stereocenters. The molecular formula is C12H17NO. The van der Waals surface area contributed by atoms with Gasteiger partial charge in [-0.15, -0.1) is 0 Å². The Morgan fingerprint density at radius 3 is 2.64 bits per heavy atom. The predicted molar refractivity (Wildman–Crippen MR) is 57.6 cm³/mol. The van der Waals surface area contributed by atoms with Gasteiger partial charge in [0.05, 0.1) is 5.69 Å². The van der Waals surface area contributed by atoms with E-state index in [1.54, 1.807) is 0 Å². The topological polar surface area (TPSA) is 30.0 Å². The average molecular weight is 191 g/mol. The molecule has 2 nitrogen and oxygen atoms in total. The van der Waals surface area contributed by atoms with Crippen molar-refractivity contribution in [1.29, 1.82) is 0 Å². The van der Waals surface area contributed by atoms with Crippen molar-refractivity contribution < 1.29 is 4.79 Å². The first-order valence-electron chi connectivity index (χ1n) is 5.27. The molecule has 0 radical (unpaired) electrons. The normalized spacial score (nSPS) is 14.1. The van der Waals surface area contributed by atoms with Gasteiger partial charge in [-0.2, -0.15) is 0 Å². The van der Waals surface area contributed by atoms with E-state index in [1.807, 2.05) is 32.9 Å². The summed E-state index contributed by atoms with van der Waals surface area (Å²) in [6.45, 7) is 5.96. The van der Waals surface area contributed by atoms with Crippen LogP contribution in [-0.4, -0.2) is 10.8 Å². The fourth-order valence-corrected chi connectivity index (χ4v) is 1.61. The average Bonchev–Trinajstić information content (AvgIpc) is 2.21. The molecule has 1 aromatic rings. The van der Waals surface area contributed by atoms with Gasteiger partial charge in [0, 0.05) is 17.7 Å². The van der Waals surface area contributed by atoms with E-state index < -0.39 is 0 Å². The minimum atomic E-state index is 0.253. The first-order valence-corrected chi connectivity index (χ1v) is 5.27. The maximum absolute atomic E-state index is 11.4. The van der Waals surface area contributed by atoms with Crippen molar-refractivity contribution in [2.45, 2.75) is 40.0 Å². The molecule has 0 saturated heterocycles. The van der Waals surface area contributed by atoms with E-state index in [-0.39, 0.29) is 5.78 Å². The molecule has 0 fully saturated rings. The zero-order valence-corrected chi connectivity index (χ0v) is 9.13. The molecule has 0 atom stereocenters. The number of nitrogens with zero attached hydrogens (tertiary/aromatic N) is 1. The molecule has 1 aromatic heterocycles. The van der Waals surface area contributed by atoms with Crippen LogP contribution in [0.1, 0.15) is 48.4 Å². The highest BCUT2D eigenvalue weighted by atomic mass is 16.1. The number of hydrogen-bond donors (Lipinski definition) is 0. The standard InChI is InChI=1S/C10H11NO.C2H6/c1-7-5-6-8-9(11-7)3-2-4-10(8)12;1-2/h5-6H,2-4H2,1H3;1-2H3. The lowest BCUT2D eigenvalue weighted by Gasteiger charge is -2.13. The first-order chi connectivity index (χ1) is 6.77. The zero-order chi connectivity index (χ0) is 10.6. The highest BCUT2D eigenvalue weighted by molar-refractivity contribution is 5.97. The molecule has 0 amide bonds. The van der Waals surface area contributed by atoms with Crippen molar-refractivity contribution >= 4 is 5.78 Å². The Labute approximate surface area is 85.4 Å². The highest BCUT2D eigenvalue weighted by Crippen LogP contribution is 2.19. The molecule has 1 heterocycles. The summed E-state index contributed by atoms with van der Waals surface area (Å²) in [6, 6.07) is 3.81. The molecule has 0 spiro atoms. The Kier molecular flexibility index (Phi) is 3.81. The van der Waals surface area contributed by atoms with Gasteiger partial charge in [0.1, 0.15) is 0 Å². The summed E-state index contributed by atoms with van der Waals surface area (Å²) < 4.78 is 0. The lowest BCUT2D eigenvalue weighted by molar-refractivity contribution is 0.0971. The second-order valence-corrected chi connectivity index (χ2v) is 3.22. The number of rotatable bonds is 0. The minimum absolute atomic E-state index is 0.253. The smallest absolute Gasteiger partial charge is 0.164 e. The van der Waals surface area contributed by atoms with Crippen molar-refractivity contribution in [1.82, 2.24) is 4.98 Å². The van der Waals surface area contributed by atoms with Crippen LogP contribution in [0.25, 0.3) is 0 Å². The van der Waals surface area contributed by atoms with Gasteiger partial charge >= 0.3 is 0 Å². The van der Waals surface area contributed by atoms with Gasteiger partial charge < -0.3 is 0 Å². The van der Waals surface area contributed by atoms with Crippen LogP contribution in [0.5, 0.6) is 0 Å². The quantitative estimate of drug-likeness (QED) is 0.631. The van der Waals surface area contributed by atoms with Gasteiger partial charge in [-0.25, -0.2) is 0 Å². The van der Waals surface area contributed by atoms with Crippen molar-refractivity contribution in [3.05, 3.63) is 29.1 Å². The molecule has 1 aliphatic carbocycles. The van der Waals surface area contributed by atoms with E-state index in [4.69, 9.17) is 0 Å². The zero-order valence-electron chi connectivity index (χ0n) is 9.13. The molecular weight excluding hydrogens is 174 g/mol. The van der Waals surface area contributed by atoms with Crippen LogP contribution in [-0.2, 0) is 6.42 Å². The third-order valence-corrected chi connectivity index (χ3v) is 2.23. The van der Waals surface area contributed by atoms with Crippen LogP contribution >= 0.6 is 0 Å². The summed E-state index contributed by atoms with van der Waals surface area (Å²) in [6.07, 6.45) is 2.61. The van der Waals surface area contributed by atoms with Crippen LogP contribution in [0.2, 0.25) is 0 Å². The molecule has 0 N–H and O–H groups in total. The number of ketones is 1. The summed E-state index contributed by atoms with van der Waals surface area (Å²) in [7, 11) is 0. The van der Waals surface area contributed by atoms with Gasteiger partial charge in [-0.3, -0.25) is 9.78 Å². The predicted octanol–water partition coefficient (Wildman–Crippen LogP) is 2.94. The third kappa shape index (κ3) is 2.19. The lowest BCUT2D eigenvalue weighted by Crippen LogP contribution is -2.12. The first kappa shape index (κ1) is 10.9. The van der Waals surface area contributed by atoms with E-state index >= 15 is 0 Å². The molecule has 2 heteroatoms. The van der Waals surface area contributed by atoms with E-state index in [0.29, 0.717) is 6.42 Å². The van der Waals surface area contributed by atoms with Gasteiger partial charge in [-0.05, 0) is 31.9 Å². The van der Waals surface area contributed by atoms with Crippen molar-refractivity contribution in [2.75, 3.05) is 0 Å².